The molecule has 1 atom stereocenters. The van der Waals surface area contributed by atoms with E-state index in [0.29, 0.717) is 48.4 Å². The molecule has 2 amide bonds. The van der Waals surface area contributed by atoms with Crippen molar-refractivity contribution in [3.05, 3.63) is 59.7 Å². The van der Waals surface area contributed by atoms with Gasteiger partial charge in [-0.15, -0.1) is 5.26 Å². The van der Waals surface area contributed by atoms with Crippen LogP contribution in [0.15, 0.2) is 53.5 Å². The second kappa shape index (κ2) is 12.4. The zero-order chi connectivity index (χ0) is 23.3. The maximum atomic E-state index is 12.4. The molecular weight excluding hydrogens is 412 g/mol. The monoisotopic (exact) mass is 434 g/mol. The number of amides is 2. The molecule has 0 spiro atoms. The van der Waals surface area contributed by atoms with Gasteiger partial charge in [0.1, 0.15) is 5.75 Å². The van der Waals surface area contributed by atoms with E-state index in [0.717, 1.165) is 0 Å². The quantitative estimate of drug-likeness (QED) is 0.241. The fourth-order valence-corrected chi connectivity index (χ4v) is 2.86. The first-order valence-corrected chi connectivity index (χ1v) is 9.88. The molecule has 1 unspecified atom stereocenters. The van der Waals surface area contributed by atoms with Crippen LogP contribution in [0.4, 0.5) is 5.69 Å². The standard InChI is InChI=1S/C23H22N4O5/c1-16(29)21(27-23(31)18-5-9-19(10-6-18)26-15-28)4-2-3-13-25-22(30)17-7-11-20(12-8-17)32-14-24/h5-12,21H,2-4,13H2,1H3,(H,25,30)(H,27,31). The lowest BCUT2D eigenvalue weighted by Crippen LogP contribution is -2.39. The summed E-state index contributed by atoms with van der Waals surface area (Å²) in [6.07, 6.45) is 4.66. The normalized spacial score (nSPS) is 10.8. The van der Waals surface area contributed by atoms with Gasteiger partial charge >= 0.3 is 0 Å². The number of benzene rings is 2. The maximum absolute atomic E-state index is 12.4. The van der Waals surface area contributed by atoms with E-state index in [1.807, 2.05) is 0 Å². The Morgan fingerprint density at radius 3 is 2.22 bits per heavy atom. The fraction of sp³-hybridized carbons (Fsp3) is 0.261. The minimum absolute atomic E-state index is 0.163. The average molecular weight is 434 g/mol. The zero-order valence-corrected chi connectivity index (χ0v) is 17.5. The van der Waals surface area contributed by atoms with Crippen LogP contribution in [-0.2, 0) is 9.59 Å². The van der Waals surface area contributed by atoms with Gasteiger partial charge in [0, 0.05) is 17.7 Å². The van der Waals surface area contributed by atoms with Gasteiger partial charge in [0.15, 0.2) is 5.78 Å². The summed E-state index contributed by atoms with van der Waals surface area (Å²) in [6.45, 7) is 1.82. The van der Waals surface area contributed by atoms with Crippen LogP contribution in [0.25, 0.3) is 0 Å². The Morgan fingerprint density at radius 2 is 1.62 bits per heavy atom. The molecule has 9 heteroatoms. The molecule has 0 saturated heterocycles. The highest BCUT2D eigenvalue weighted by atomic mass is 16.5. The number of nitriles is 1. The molecule has 0 aromatic heterocycles. The van der Waals surface area contributed by atoms with E-state index in [9.17, 15) is 19.2 Å². The third-order valence-electron chi connectivity index (χ3n) is 4.59. The molecule has 164 valence electrons. The number of aliphatic imine (C=N–C) groups is 1. The first-order valence-electron chi connectivity index (χ1n) is 9.88. The fourth-order valence-electron chi connectivity index (χ4n) is 2.86. The zero-order valence-electron chi connectivity index (χ0n) is 17.5. The molecule has 2 aromatic rings. The molecule has 32 heavy (non-hydrogen) atoms. The molecule has 2 N–H and O–H groups in total. The van der Waals surface area contributed by atoms with Gasteiger partial charge in [0.05, 0.1) is 11.7 Å². The molecule has 0 radical (unpaired) electrons. The summed E-state index contributed by atoms with van der Waals surface area (Å²) in [5, 5.41) is 14.0. The predicted octanol–water partition coefficient (Wildman–Crippen LogP) is 2.80. The van der Waals surface area contributed by atoms with E-state index in [1.54, 1.807) is 18.4 Å². The second-order valence-electron chi connectivity index (χ2n) is 6.86. The highest BCUT2D eigenvalue weighted by molar-refractivity contribution is 5.97. The van der Waals surface area contributed by atoms with Crippen molar-refractivity contribution in [3.63, 3.8) is 0 Å². The summed E-state index contributed by atoms with van der Waals surface area (Å²) in [7, 11) is 0. The largest absolute Gasteiger partial charge is 0.388 e. The van der Waals surface area contributed by atoms with Crippen LogP contribution >= 0.6 is 0 Å². The van der Waals surface area contributed by atoms with Crippen molar-refractivity contribution in [1.29, 1.82) is 5.26 Å². The summed E-state index contributed by atoms with van der Waals surface area (Å²) < 4.78 is 4.66. The molecule has 9 nitrogen and oxygen atoms in total. The number of rotatable bonds is 11. The van der Waals surface area contributed by atoms with Gasteiger partial charge in [-0.2, -0.15) is 4.99 Å². The molecule has 0 bridgehead atoms. The van der Waals surface area contributed by atoms with Crippen LogP contribution in [0.3, 0.4) is 0 Å². The number of nitrogens with one attached hydrogen (secondary N) is 2. The number of nitrogens with zero attached hydrogens (tertiary/aromatic N) is 2. The molecule has 2 rings (SSSR count). The summed E-state index contributed by atoms with van der Waals surface area (Å²) in [5.41, 5.74) is 1.17. The number of carbonyl (C=O) groups excluding carboxylic acids is 4. The van der Waals surface area contributed by atoms with Crippen LogP contribution in [0.2, 0.25) is 0 Å². The highest BCUT2D eigenvalue weighted by Crippen LogP contribution is 2.13. The number of carbonyl (C=O) groups is 3. The van der Waals surface area contributed by atoms with Gasteiger partial charge < -0.3 is 15.4 Å². The van der Waals surface area contributed by atoms with Gasteiger partial charge in [-0.1, -0.05) is 0 Å². The molecule has 0 aliphatic heterocycles. The van der Waals surface area contributed by atoms with E-state index < -0.39 is 11.9 Å². The van der Waals surface area contributed by atoms with Gasteiger partial charge in [0.25, 0.3) is 18.1 Å². The number of ketones is 1. The Balaban J connectivity index is 1.77. The summed E-state index contributed by atoms with van der Waals surface area (Å²) in [5.74, 6) is -0.465. The van der Waals surface area contributed by atoms with Crippen molar-refractivity contribution in [3.8, 4) is 12.0 Å². The molecular formula is C23H22N4O5. The third kappa shape index (κ3) is 7.52. The van der Waals surface area contributed by atoms with Crippen molar-refractivity contribution < 1.29 is 23.9 Å². The lowest BCUT2D eigenvalue weighted by atomic mass is 10.1. The Morgan fingerprint density at radius 1 is 1.00 bits per heavy atom. The molecule has 0 fully saturated rings. The van der Waals surface area contributed by atoms with Gasteiger partial charge in [-0.25, -0.2) is 4.79 Å². The van der Waals surface area contributed by atoms with Gasteiger partial charge in [-0.05, 0) is 74.7 Å². The minimum Gasteiger partial charge on any atom is -0.388 e. The Kier molecular flexibility index (Phi) is 9.31. The Hall–Kier alpha value is -4.28. The van der Waals surface area contributed by atoms with Crippen molar-refractivity contribution >= 4 is 29.4 Å². The van der Waals surface area contributed by atoms with E-state index in [2.05, 4.69) is 20.4 Å². The minimum atomic E-state index is -0.640. The SMILES string of the molecule is CC(=O)C(CCCCNC(=O)c1ccc(OC#N)cc1)NC(=O)c1ccc(N=C=O)cc1. The third-order valence-corrected chi connectivity index (χ3v) is 4.59. The topological polar surface area (TPSA) is 138 Å². The number of ether oxygens (including phenoxy) is 1. The first kappa shape index (κ1) is 24.0. The smallest absolute Gasteiger partial charge is 0.292 e. The first-order chi connectivity index (χ1) is 15.4. The van der Waals surface area contributed by atoms with Gasteiger partial charge in [-0.3, -0.25) is 14.4 Å². The van der Waals surface area contributed by atoms with Crippen molar-refractivity contribution in [1.82, 2.24) is 10.6 Å². The van der Waals surface area contributed by atoms with E-state index in [4.69, 9.17) is 5.26 Å². The number of Topliss-reactive ketones (excluding diaryl/α,β-unsaturated/α-hetero) is 1. The summed E-state index contributed by atoms with van der Waals surface area (Å²) in [4.78, 5) is 50.1. The molecule has 0 aliphatic rings. The van der Waals surface area contributed by atoms with Crippen LogP contribution < -0.4 is 15.4 Å². The molecule has 0 saturated carbocycles. The van der Waals surface area contributed by atoms with Crippen LogP contribution in [0, 0.1) is 11.5 Å². The summed E-state index contributed by atoms with van der Waals surface area (Å²) >= 11 is 0. The lowest BCUT2D eigenvalue weighted by Gasteiger charge is -2.16. The van der Waals surface area contributed by atoms with Crippen molar-refractivity contribution in [2.75, 3.05) is 6.54 Å². The Bertz CT molecular complexity index is 1040. The number of hydrogen-bond donors (Lipinski definition) is 2. The Labute approximate surface area is 185 Å². The average Bonchev–Trinajstić information content (AvgIpc) is 2.79. The van der Waals surface area contributed by atoms with Crippen LogP contribution in [-0.4, -0.2) is 36.3 Å². The number of isocyanates is 1. The summed E-state index contributed by atoms with van der Waals surface area (Å²) in [6, 6.07) is 11.6. The number of hydrogen-bond acceptors (Lipinski definition) is 7. The second-order valence-corrected chi connectivity index (χ2v) is 6.86. The van der Waals surface area contributed by atoms with Crippen LogP contribution in [0.1, 0.15) is 46.9 Å². The lowest BCUT2D eigenvalue weighted by molar-refractivity contribution is -0.119. The van der Waals surface area contributed by atoms with Gasteiger partial charge in [0.2, 0.25) is 6.08 Å². The van der Waals surface area contributed by atoms with E-state index in [1.165, 1.54) is 49.4 Å². The number of unbranched alkanes of at least 4 members (excludes halogenated alkanes) is 1. The van der Waals surface area contributed by atoms with Crippen LogP contribution in [0.5, 0.6) is 5.75 Å². The molecule has 0 aliphatic carbocycles. The molecule has 0 heterocycles. The maximum Gasteiger partial charge on any atom is 0.292 e. The highest BCUT2D eigenvalue weighted by Gasteiger charge is 2.17. The van der Waals surface area contributed by atoms with Crippen molar-refractivity contribution in [2.45, 2.75) is 32.2 Å². The molecule has 2 aromatic carbocycles. The van der Waals surface area contributed by atoms with E-state index in [-0.39, 0.29) is 11.7 Å². The van der Waals surface area contributed by atoms with Crippen molar-refractivity contribution in [2.24, 2.45) is 4.99 Å². The predicted molar refractivity (Wildman–Crippen MR) is 115 cm³/mol. The van der Waals surface area contributed by atoms with E-state index >= 15 is 0 Å².